The average molecular weight is 747 g/mol. The van der Waals surface area contributed by atoms with Crippen LogP contribution in [0.2, 0.25) is 0 Å². The summed E-state index contributed by atoms with van der Waals surface area (Å²) in [7, 11) is 0. The Morgan fingerprint density at radius 2 is 1.02 bits per heavy atom. The molecule has 0 saturated carbocycles. The molecule has 0 fully saturated rings. The maximum atomic E-state index is 2.58. The summed E-state index contributed by atoms with van der Waals surface area (Å²) in [4.78, 5) is 2.44. The van der Waals surface area contributed by atoms with Gasteiger partial charge in [0.15, 0.2) is 0 Å². The number of rotatable bonds is 3. The number of hydrogen-bond acceptors (Lipinski definition) is 1. The normalized spacial score (nSPS) is 15.2. The van der Waals surface area contributed by atoms with E-state index in [-0.39, 0.29) is 0 Å². The van der Waals surface area contributed by atoms with Crippen LogP contribution in [0.5, 0.6) is 0 Å². The minimum absolute atomic E-state index is 0.606. The number of para-hydroxylation sites is 4. The third-order valence-corrected chi connectivity index (χ3v) is 13.7. The van der Waals surface area contributed by atoms with Gasteiger partial charge in [-0.15, -0.1) is 0 Å². The first-order valence-electron chi connectivity index (χ1n) is 20.6. The highest BCUT2D eigenvalue weighted by Gasteiger charge is 2.52. The summed E-state index contributed by atoms with van der Waals surface area (Å²) in [5.74, 6) is 0. The largest absolute Gasteiger partial charge is 0.310 e. The highest BCUT2D eigenvalue weighted by molar-refractivity contribution is 6.22. The van der Waals surface area contributed by atoms with E-state index < -0.39 is 5.41 Å². The van der Waals surface area contributed by atoms with E-state index in [1.165, 1.54) is 105 Å². The van der Waals surface area contributed by atoms with Crippen molar-refractivity contribution < 1.29 is 0 Å². The van der Waals surface area contributed by atoms with Crippen LogP contribution >= 0.6 is 0 Å². The number of fused-ring (bicyclic) bond motifs is 17. The van der Waals surface area contributed by atoms with Gasteiger partial charge in [0, 0.05) is 27.8 Å². The molecule has 3 aliphatic rings. The Balaban J connectivity index is 1.16. The van der Waals surface area contributed by atoms with Crippen LogP contribution in [0.15, 0.2) is 206 Å². The molecule has 2 aliphatic carbocycles. The summed E-state index contributed by atoms with van der Waals surface area (Å²) in [5.41, 5.74) is 19.8. The SMILES string of the molecule is c1ccc(N(c2ccc3c(c2)C2(c4ccccc4-n4c5ccccc5c5cccc2c54)c2cc4c5c(cccc5c2-3)-c2ccccc2-4)c2ccc3ccccc3c2)cc1. The lowest BCUT2D eigenvalue weighted by Gasteiger charge is -2.40. The van der Waals surface area contributed by atoms with Crippen LogP contribution in [-0.4, -0.2) is 4.57 Å². The molecule has 0 bridgehead atoms. The lowest BCUT2D eigenvalue weighted by molar-refractivity contribution is 0.749. The second-order valence-corrected chi connectivity index (χ2v) is 16.4. The van der Waals surface area contributed by atoms with Crippen molar-refractivity contribution >= 4 is 60.4 Å². The highest BCUT2D eigenvalue weighted by atomic mass is 15.1. The minimum atomic E-state index is -0.606. The number of hydrogen-bond donors (Lipinski definition) is 0. The second kappa shape index (κ2) is 11.2. The standard InChI is InChI=1S/C57H34N2/c1-2-16-37(17-3-1)58(38-29-28-35-14-4-5-15-36(35)32-38)39-30-31-45-50(33-39)57(51-34-47-41-19-7-6-18-40(41)43-21-12-23-46(54(43)47)55(45)51)48-24-9-11-27-53(48)59-52-26-10-8-20-42(52)44-22-13-25-49(57)56(44)59/h1-34H. The van der Waals surface area contributed by atoms with Gasteiger partial charge in [-0.3, -0.25) is 0 Å². The zero-order valence-electron chi connectivity index (χ0n) is 32.0. The van der Waals surface area contributed by atoms with Crippen LogP contribution in [0, 0.1) is 0 Å². The zero-order chi connectivity index (χ0) is 38.4. The molecule has 14 rings (SSSR count). The van der Waals surface area contributed by atoms with E-state index in [2.05, 4.69) is 216 Å². The Morgan fingerprint density at radius 1 is 0.356 bits per heavy atom. The maximum Gasteiger partial charge on any atom is 0.0755 e. The molecule has 0 N–H and O–H groups in total. The lowest BCUT2D eigenvalue weighted by Crippen LogP contribution is -2.33. The third kappa shape index (κ3) is 3.87. The molecule has 11 aromatic rings. The van der Waals surface area contributed by atoms with Crippen LogP contribution in [-0.2, 0) is 5.41 Å². The van der Waals surface area contributed by atoms with E-state index in [1.54, 1.807) is 0 Å². The van der Waals surface area contributed by atoms with Gasteiger partial charge >= 0.3 is 0 Å². The van der Waals surface area contributed by atoms with Crippen molar-refractivity contribution in [1.29, 1.82) is 0 Å². The Hall–Kier alpha value is -7.68. The number of anilines is 3. The fraction of sp³-hybridized carbons (Fsp3) is 0.0175. The van der Waals surface area contributed by atoms with Crippen LogP contribution in [0.4, 0.5) is 17.1 Å². The first-order valence-corrected chi connectivity index (χ1v) is 20.6. The van der Waals surface area contributed by atoms with E-state index in [4.69, 9.17) is 0 Å². The predicted molar refractivity (Wildman–Crippen MR) is 246 cm³/mol. The summed E-state index contributed by atoms with van der Waals surface area (Å²) in [6, 6.07) is 77.4. The topological polar surface area (TPSA) is 8.17 Å². The van der Waals surface area contributed by atoms with Gasteiger partial charge in [-0.2, -0.15) is 0 Å². The summed E-state index contributed by atoms with van der Waals surface area (Å²) in [6.45, 7) is 0. The summed E-state index contributed by atoms with van der Waals surface area (Å²) in [5, 5.41) is 7.71. The predicted octanol–water partition coefficient (Wildman–Crippen LogP) is 14.9. The van der Waals surface area contributed by atoms with Crippen LogP contribution < -0.4 is 4.90 Å². The Morgan fingerprint density at radius 3 is 1.93 bits per heavy atom. The fourth-order valence-electron chi connectivity index (χ4n) is 11.4. The van der Waals surface area contributed by atoms with Gasteiger partial charge in [0.25, 0.3) is 0 Å². The molecule has 272 valence electrons. The number of benzene rings is 10. The summed E-state index contributed by atoms with van der Waals surface area (Å²) in [6.07, 6.45) is 0. The molecule has 1 spiro atoms. The first-order chi connectivity index (χ1) is 29.3. The Bertz CT molecular complexity index is 3630. The smallest absolute Gasteiger partial charge is 0.0755 e. The monoisotopic (exact) mass is 746 g/mol. The number of nitrogens with zero attached hydrogens (tertiary/aromatic N) is 2. The molecule has 0 amide bonds. The van der Waals surface area contributed by atoms with Gasteiger partial charge in [0.1, 0.15) is 0 Å². The molecule has 2 heterocycles. The van der Waals surface area contributed by atoms with E-state index in [0.717, 1.165) is 17.1 Å². The average Bonchev–Trinajstić information content (AvgIpc) is 3.92. The molecular formula is C57H34N2. The fourth-order valence-corrected chi connectivity index (χ4v) is 11.4. The van der Waals surface area contributed by atoms with Crippen LogP contribution in [0.1, 0.15) is 22.3 Å². The van der Waals surface area contributed by atoms with E-state index in [1.807, 2.05) is 0 Å². The van der Waals surface area contributed by atoms with Crippen molar-refractivity contribution in [2.24, 2.45) is 0 Å². The summed E-state index contributed by atoms with van der Waals surface area (Å²) < 4.78 is 2.54. The highest BCUT2D eigenvalue weighted by Crippen LogP contribution is 2.65. The van der Waals surface area contributed by atoms with Crippen LogP contribution in [0.3, 0.4) is 0 Å². The number of aromatic nitrogens is 1. The molecule has 10 aromatic carbocycles. The first kappa shape index (κ1) is 31.4. The Kier molecular flexibility index (Phi) is 5.99. The van der Waals surface area contributed by atoms with Gasteiger partial charge < -0.3 is 9.47 Å². The molecule has 2 heteroatoms. The molecule has 0 radical (unpaired) electrons. The van der Waals surface area contributed by atoms with E-state index in [0.29, 0.717) is 0 Å². The zero-order valence-corrected chi connectivity index (χ0v) is 32.0. The second-order valence-electron chi connectivity index (χ2n) is 16.4. The van der Waals surface area contributed by atoms with Crippen molar-refractivity contribution in [3.8, 4) is 39.1 Å². The van der Waals surface area contributed by atoms with Gasteiger partial charge in [-0.1, -0.05) is 152 Å². The molecule has 1 atom stereocenters. The molecule has 1 aromatic heterocycles. The van der Waals surface area contributed by atoms with Crippen molar-refractivity contribution in [3.63, 3.8) is 0 Å². The van der Waals surface area contributed by atoms with Crippen LogP contribution in [0.25, 0.3) is 82.4 Å². The molecule has 1 aliphatic heterocycles. The van der Waals surface area contributed by atoms with Crippen molar-refractivity contribution in [2.75, 3.05) is 4.90 Å². The van der Waals surface area contributed by atoms with Gasteiger partial charge in [-0.05, 0) is 132 Å². The molecule has 1 unspecified atom stereocenters. The lowest BCUT2D eigenvalue weighted by atomic mass is 9.65. The van der Waals surface area contributed by atoms with Gasteiger partial charge in [-0.25, -0.2) is 0 Å². The summed E-state index contributed by atoms with van der Waals surface area (Å²) >= 11 is 0. The van der Waals surface area contributed by atoms with E-state index >= 15 is 0 Å². The van der Waals surface area contributed by atoms with Crippen molar-refractivity contribution in [2.45, 2.75) is 5.41 Å². The molecular weight excluding hydrogens is 713 g/mol. The van der Waals surface area contributed by atoms with Gasteiger partial charge in [0.2, 0.25) is 0 Å². The maximum absolute atomic E-state index is 2.58. The molecule has 59 heavy (non-hydrogen) atoms. The van der Waals surface area contributed by atoms with Crippen molar-refractivity contribution in [1.82, 2.24) is 4.57 Å². The van der Waals surface area contributed by atoms with E-state index in [9.17, 15) is 0 Å². The quantitative estimate of drug-likeness (QED) is 0.175. The van der Waals surface area contributed by atoms with Gasteiger partial charge in [0.05, 0.1) is 22.1 Å². The minimum Gasteiger partial charge on any atom is -0.310 e. The Labute approximate surface area is 341 Å². The molecule has 0 saturated heterocycles. The molecule has 2 nitrogen and oxygen atoms in total. The van der Waals surface area contributed by atoms with Crippen molar-refractivity contribution in [3.05, 3.63) is 229 Å². The third-order valence-electron chi connectivity index (χ3n) is 13.7.